The van der Waals surface area contributed by atoms with Crippen LogP contribution in [0.15, 0.2) is 30.3 Å². The molecule has 1 aromatic heterocycles. The summed E-state index contributed by atoms with van der Waals surface area (Å²) in [6, 6.07) is 10.3. The fraction of sp³-hybridized carbons (Fsp3) is 0.333. The fourth-order valence-corrected chi connectivity index (χ4v) is 4.51. The largest absolute Gasteiger partial charge is 0.338 e. The molecule has 1 aliphatic heterocycles. The van der Waals surface area contributed by atoms with Crippen LogP contribution in [0.4, 0.5) is 11.4 Å². The van der Waals surface area contributed by atoms with Gasteiger partial charge in [0, 0.05) is 31.1 Å². The Kier molecular flexibility index (Phi) is 4.69. The molecule has 3 aromatic rings. The fourth-order valence-electron chi connectivity index (χ4n) is 4.51. The summed E-state index contributed by atoms with van der Waals surface area (Å²) in [5.74, 6) is -0.109. The third-order valence-corrected chi connectivity index (χ3v) is 5.80. The van der Waals surface area contributed by atoms with Crippen molar-refractivity contribution >= 4 is 34.1 Å². The molecule has 0 aliphatic carbocycles. The summed E-state index contributed by atoms with van der Waals surface area (Å²) >= 11 is 0. The molecule has 4 rings (SSSR count). The van der Waals surface area contributed by atoms with Gasteiger partial charge in [-0.05, 0) is 57.4 Å². The Hall–Kier alpha value is -3.08. The number of fused-ring (bicyclic) bond motifs is 1. The first kappa shape index (κ1) is 19.2. The molecule has 5 heteroatoms. The Morgan fingerprint density at radius 2 is 1.69 bits per heavy atom. The maximum absolute atomic E-state index is 13.5. The minimum atomic E-state index is -0.189. The highest BCUT2D eigenvalue weighted by Crippen LogP contribution is 2.37. The molecular weight excluding hydrogens is 362 g/mol. The molecule has 1 N–H and O–H groups in total. The highest BCUT2D eigenvalue weighted by molar-refractivity contribution is 6.17. The van der Waals surface area contributed by atoms with Crippen LogP contribution in [0.5, 0.6) is 0 Å². The van der Waals surface area contributed by atoms with Gasteiger partial charge in [0.15, 0.2) is 0 Å². The van der Waals surface area contributed by atoms with Crippen LogP contribution in [0, 0.1) is 27.7 Å². The van der Waals surface area contributed by atoms with Crippen LogP contribution in [0.25, 0.3) is 10.9 Å². The molecule has 29 heavy (non-hydrogen) atoms. The number of anilines is 2. The highest BCUT2D eigenvalue weighted by atomic mass is 16.2. The number of nitrogens with one attached hydrogen (secondary N) is 1. The Morgan fingerprint density at radius 3 is 2.31 bits per heavy atom. The minimum Gasteiger partial charge on any atom is -0.338 e. The number of amides is 2. The van der Waals surface area contributed by atoms with Gasteiger partial charge in [0.1, 0.15) is 5.69 Å². The van der Waals surface area contributed by atoms with E-state index in [9.17, 15) is 9.59 Å². The van der Waals surface area contributed by atoms with Crippen LogP contribution in [-0.4, -0.2) is 22.9 Å². The van der Waals surface area contributed by atoms with E-state index in [1.165, 1.54) is 5.56 Å². The molecule has 0 bridgehead atoms. The molecule has 0 unspecified atom stereocenters. The first-order chi connectivity index (χ1) is 13.8. The number of aryl methyl sites for hydroxylation is 5. The molecule has 2 aromatic carbocycles. The lowest BCUT2D eigenvalue weighted by Crippen LogP contribution is -2.27. The zero-order valence-corrected chi connectivity index (χ0v) is 17.7. The van der Waals surface area contributed by atoms with E-state index in [2.05, 4.69) is 30.4 Å². The molecule has 1 aliphatic rings. The zero-order valence-electron chi connectivity index (χ0n) is 17.7. The first-order valence-corrected chi connectivity index (χ1v) is 10.1. The van der Waals surface area contributed by atoms with Gasteiger partial charge in [0.2, 0.25) is 5.91 Å². The van der Waals surface area contributed by atoms with E-state index in [-0.39, 0.29) is 11.8 Å². The van der Waals surface area contributed by atoms with E-state index in [1.807, 2.05) is 44.5 Å². The van der Waals surface area contributed by atoms with Crippen LogP contribution in [0.3, 0.4) is 0 Å². The van der Waals surface area contributed by atoms with Gasteiger partial charge in [0.05, 0.1) is 11.2 Å². The summed E-state index contributed by atoms with van der Waals surface area (Å²) in [5.41, 5.74) is 7.38. The summed E-state index contributed by atoms with van der Waals surface area (Å²) < 4.78 is 1.91. The Labute approximate surface area is 171 Å². The first-order valence-electron chi connectivity index (χ1n) is 10.1. The van der Waals surface area contributed by atoms with Gasteiger partial charge < -0.3 is 14.8 Å². The van der Waals surface area contributed by atoms with Crippen molar-refractivity contribution in [1.82, 2.24) is 4.57 Å². The number of benzene rings is 2. The summed E-state index contributed by atoms with van der Waals surface area (Å²) in [6.07, 6.45) is 1.34. The monoisotopic (exact) mass is 389 g/mol. The number of carbonyl (C=O) groups excluding carboxylic acids is 2. The second-order valence-corrected chi connectivity index (χ2v) is 8.15. The minimum absolute atomic E-state index is 0.0794. The molecule has 1 fully saturated rings. The number of carbonyl (C=O) groups is 2. The quantitative estimate of drug-likeness (QED) is 0.700. The number of hydrogen-bond acceptors (Lipinski definition) is 2. The van der Waals surface area contributed by atoms with Crippen molar-refractivity contribution in [3.05, 3.63) is 58.3 Å². The molecule has 150 valence electrons. The van der Waals surface area contributed by atoms with Crippen LogP contribution in [0.1, 0.15) is 45.6 Å². The summed E-state index contributed by atoms with van der Waals surface area (Å²) in [6.45, 7) is 8.74. The maximum atomic E-state index is 13.5. The average Bonchev–Trinajstić information content (AvgIpc) is 3.18. The number of nitrogens with zero attached hydrogens (tertiary/aromatic N) is 2. The van der Waals surface area contributed by atoms with Crippen molar-refractivity contribution in [2.24, 2.45) is 7.05 Å². The molecular formula is C24H27N3O2. The molecule has 0 atom stereocenters. The SMILES string of the molecule is Cc1cc(C)c(NC(=O)c2c(N3CCCC3=O)c3cc(C)ccc3n2C)c(C)c1. The van der Waals surface area contributed by atoms with E-state index >= 15 is 0 Å². The number of aromatic nitrogens is 1. The Morgan fingerprint density at radius 1 is 1.00 bits per heavy atom. The van der Waals surface area contributed by atoms with Gasteiger partial charge in [-0.3, -0.25) is 9.59 Å². The van der Waals surface area contributed by atoms with Crippen LogP contribution < -0.4 is 10.2 Å². The second-order valence-electron chi connectivity index (χ2n) is 8.15. The topological polar surface area (TPSA) is 54.3 Å². The summed E-state index contributed by atoms with van der Waals surface area (Å²) in [7, 11) is 1.89. The standard InChI is InChI=1S/C24H27N3O2/c1-14-8-9-19-18(13-14)22(27-10-6-7-20(27)28)23(26(19)5)24(29)25-21-16(3)11-15(2)12-17(21)4/h8-9,11-13H,6-7,10H2,1-5H3,(H,25,29). The van der Waals surface area contributed by atoms with E-state index < -0.39 is 0 Å². The summed E-state index contributed by atoms with van der Waals surface area (Å²) in [5, 5.41) is 4.07. The third kappa shape index (κ3) is 3.20. The molecule has 0 saturated carbocycles. The second kappa shape index (κ2) is 7.07. The van der Waals surface area contributed by atoms with Gasteiger partial charge in [-0.15, -0.1) is 0 Å². The van der Waals surface area contributed by atoms with Gasteiger partial charge in [-0.2, -0.15) is 0 Å². The lowest BCUT2D eigenvalue weighted by atomic mass is 10.0. The molecule has 0 spiro atoms. The van der Waals surface area contributed by atoms with Crippen LogP contribution in [0.2, 0.25) is 0 Å². The lowest BCUT2D eigenvalue weighted by molar-refractivity contribution is -0.117. The normalized spacial score (nSPS) is 14.1. The Bertz CT molecular complexity index is 1130. The third-order valence-electron chi connectivity index (χ3n) is 5.80. The predicted molar refractivity (Wildman–Crippen MR) is 118 cm³/mol. The van der Waals surface area contributed by atoms with Gasteiger partial charge in [-0.1, -0.05) is 29.3 Å². The summed E-state index contributed by atoms with van der Waals surface area (Å²) in [4.78, 5) is 27.9. The number of hydrogen-bond donors (Lipinski definition) is 1. The molecule has 2 heterocycles. The van der Waals surface area contributed by atoms with E-state index in [0.29, 0.717) is 18.7 Å². The van der Waals surface area contributed by atoms with Gasteiger partial charge >= 0.3 is 0 Å². The zero-order chi connectivity index (χ0) is 20.9. The van der Waals surface area contributed by atoms with Crippen LogP contribution >= 0.6 is 0 Å². The van der Waals surface area contributed by atoms with Gasteiger partial charge in [0.25, 0.3) is 5.91 Å². The van der Waals surface area contributed by atoms with Crippen molar-refractivity contribution in [2.75, 3.05) is 16.8 Å². The van der Waals surface area contributed by atoms with Crippen molar-refractivity contribution in [1.29, 1.82) is 0 Å². The van der Waals surface area contributed by atoms with E-state index in [4.69, 9.17) is 0 Å². The molecule has 1 saturated heterocycles. The Balaban J connectivity index is 1.88. The molecule has 5 nitrogen and oxygen atoms in total. The smallest absolute Gasteiger partial charge is 0.274 e. The van der Waals surface area contributed by atoms with Gasteiger partial charge in [-0.25, -0.2) is 0 Å². The van der Waals surface area contributed by atoms with Crippen molar-refractivity contribution in [3.8, 4) is 0 Å². The molecule has 2 amide bonds. The average molecular weight is 389 g/mol. The van der Waals surface area contributed by atoms with E-state index in [0.717, 1.165) is 45.4 Å². The van der Waals surface area contributed by atoms with Crippen LogP contribution in [-0.2, 0) is 11.8 Å². The van der Waals surface area contributed by atoms with Crippen molar-refractivity contribution in [3.63, 3.8) is 0 Å². The highest BCUT2D eigenvalue weighted by Gasteiger charge is 2.31. The predicted octanol–water partition coefficient (Wildman–Crippen LogP) is 4.79. The maximum Gasteiger partial charge on any atom is 0.274 e. The number of rotatable bonds is 3. The van der Waals surface area contributed by atoms with E-state index in [1.54, 1.807) is 4.90 Å². The van der Waals surface area contributed by atoms with Crippen molar-refractivity contribution in [2.45, 2.75) is 40.5 Å². The van der Waals surface area contributed by atoms with Crippen molar-refractivity contribution < 1.29 is 9.59 Å². The molecule has 0 radical (unpaired) electrons. The lowest BCUT2D eigenvalue weighted by Gasteiger charge is -2.19.